The highest BCUT2D eigenvalue weighted by Crippen LogP contribution is 2.22. The van der Waals surface area contributed by atoms with Gasteiger partial charge in [-0.15, -0.1) is 0 Å². The molecule has 130 valence electrons. The van der Waals surface area contributed by atoms with E-state index in [0.29, 0.717) is 0 Å². The van der Waals surface area contributed by atoms with E-state index < -0.39 is 11.9 Å². The molecular formula is C18H23NO5. The Hall–Kier alpha value is -2.60. The van der Waals surface area contributed by atoms with Crippen molar-refractivity contribution < 1.29 is 24.2 Å². The van der Waals surface area contributed by atoms with E-state index in [0.717, 1.165) is 18.8 Å². The second-order valence-corrected chi connectivity index (χ2v) is 6.24. The molecule has 0 spiro atoms. The zero-order valence-corrected chi connectivity index (χ0v) is 14.1. The summed E-state index contributed by atoms with van der Waals surface area (Å²) in [5.74, 6) is -2.67. The lowest BCUT2D eigenvalue weighted by Gasteiger charge is -2.19. The van der Waals surface area contributed by atoms with Gasteiger partial charge in [0.05, 0.1) is 12.8 Å². The van der Waals surface area contributed by atoms with Crippen LogP contribution in [0.5, 0.6) is 0 Å². The zero-order chi connectivity index (χ0) is 18.2. The van der Waals surface area contributed by atoms with Crippen molar-refractivity contribution in [2.45, 2.75) is 39.3 Å². The Labute approximate surface area is 141 Å². The molecule has 1 heterocycles. The minimum Gasteiger partial charge on any atom is -0.473 e. The van der Waals surface area contributed by atoms with E-state index >= 15 is 0 Å². The minimum atomic E-state index is -1.82. The van der Waals surface area contributed by atoms with E-state index in [1.165, 1.54) is 11.1 Å². The number of rotatable bonds is 4. The number of carboxylic acid groups (broad SMARTS) is 2. The molecule has 0 bridgehead atoms. The van der Waals surface area contributed by atoms with Crippen LogP contribution in [-0.4, -0.2) is 22.2 Å². The smallest absolute Gasteiger partial charge is 0.414 e. The van der Waals surface area contributed by atoms with Gasteiger partial charge in [-0.25, -0.2) is 9.59 Å². The van der Waals surface area contributed by atoms with Gasteiger partial charge in [-0.3, -0.25) is 0 Å². The van der Waals surface area contributed by atoms with Gasteiger partial charge in [0.15, 0.2) is 0 Å². The SMILES string of the molecule is CC(C)(C)c1ccc(CNCc2ccco2)cc1.O=C(O)C(=O)O. The maximum Gasteiger partial charge on any atom is 0.414 e. The van der Waals surface area contributed by atoms with Crippen LogP contribution in [0.15, 0.2) is 47.1 Å². The first kappa shape index (κ1) is 19.4. The van der Waals surface area contributed by atoms with Gasteiger partial charge in [0.2, 0.25) is 0 Å². The lowest BCUT2D eigenvalue weighted by atomic mass is 9.87. The molecule has 1 aromatic carbocycles. The lowest BCUT2D eigenvalue weighted by Crippen LogP contribution is -2.13. The number of hydrogen-bond acceptors (Lipinski definition) is 4. The Bertz CT molecular complexity index is 627. The minimum absolute atomic E-state index is 0.222. The third kappa shape index (κ3) is 7.11. The molecule has 0 amide bonds. The molecule has 0 aliphatic carbocycles. The monoisotopic (exact) mass is 333 g/mol. The van der Waals surface area contributed by atoms with Crippen LogP contribution in [0.1, 0.15) is 37.7 Å². The summed E-state index contributed by atoms with van der Waals surface area (Å²) in [5, 5.41) is 18.2. The summed E-state index contributed by atoms with van der Waals surface area (Å²) in [6.45, 7) is 8.34. The van der Waals surface area contributed by atoms with E-state index in [-0.39, 0.29) is 5.41 Å². The summed E-state index contributed by atoms with van der Waals surface area (Å²) in [7, 11) is 0. The van der Waals surface area contributed by atoms with Gasteiger partial charge >= 0.3 is 11.9 Å². The first-order chi connectivity index (χ1) is 11.2. The number of aliphatic carboxylic acids is 2. The Morgan fingerprint density at radius 3 is 2.00 bits per heavy atom. The molecule has 0 saturated heterocycles. The fourth-order valence-electron chi connectivity index (χ4n) is 1.87. The second kappa shape index (κ2) is 8.88. The van der Waals surface area contributed by atoms with Crippen LogP contribution >= 0.6 is 0 Å². The van der Waals surface area contributed by atoms with Crippen molar-refractivity contribution in [2.24, 2.45) is 0 Å². The number of hydrogen-bond donors (Lipinski definition) is 3. The molecule has 0 saturated carbocycles. The van der Waals surface area contributed by atoms with Crippen LogP contribution in [0.3, 0.4) is 0 Å². The van der Waals surface area contributed by atoms with Gasteiger partial charge in [0.1, 0.15) is 5.76 Å². The molecule has 6 heteroatoms. The van der Waals surface area contributed by atoms with Gasteiger partial charge in [0.25, 0.3) is 0 Å². The van der Waals surface area contributed by atoms with Crippen LogP contribution in [0.4, 0.5) is 0 Å². The van der Waals surface area contributed by atoms with E-state index in [9.17, 15) is 0 Å². The molecule has 0 aliphatic heterocycles. The van der Waals surface area contributed by atoms with E-state index in [1.807, 2.05) is 12.1 Å². The molecule has 2 aromatic rings. The average molecular weight is 333 g/mol. The Morgan fingerprint density at radius 2 is 1.58 bits per heavy atom. The number of carboxylic acids is 2. The summed E-state index contributed by atoms with van der Waals surface area (Å²) < 4.78 is 5.27. The Morgan fingerprint density at radius 1 is 1.00 bits per heavy atom. The third-order valence-electron chi connectivity index (χ3n) is 3.21. The van der Waals surface area contributed by atoms with Gasteiger partial charge in [-0.05, 0) is 28.7 Å². The first-order valence-electron chi connectivity index (χ1n) is 7.49. The molecule has 0 radical (unpaired) electrons. The average Bonchev–Trinajstić information content (AvgIpc) is 3.01. The number of benzene rings is 1. The molecule has 0 aliphatic rings. The lowest BCUT2D eigenvalue weighted by molar-refractivity contribution is -0.159. The van der Waals surface area contributed by atoms with Crippen molar-refractivity contribution in [3.05, 3.63) is 59.5 Å². The van der Waals surface area contributed by atoms with Crippen LogP contribution in [0.25, 0.3) is 0 Å². The van der Waals surface area contributed by atoms with Crippen molar-refractivity contribution in [2.75, 3.05) is 0 Å². The van der Waals surface area contributed by atoms with E-state index in [4.69, 9.17) is 24.2 Å². The molecule has 1 aromatic heterocycles. The van der Waals surface area contributed by atoms with Gasteiger partial charge in [-0.1, -0.05) is 45.0 Å². The van der Waals surface area contributed by atoms with E-state index in [2.05, 4.69) is 50.4 Å². The number of furan rings is 1. The van der Waals surface area contributed by atoms with E-state index in [1.54, 1.807) is 6.26 Å². The quantitative estimate of drug-likeness (QED) is 0.744. The van der Waals surface area contributed by atoms with Gasteiger partial charge in [-0.2, -0.15) is 0 Å². The zero-order valence-electron chi connectivity index (χ0n) is 14.1. The highest BCUT2D eigenvalue weighted by Gasteiger charge is 2.12. The molecule has 3 N–H and O–H groups in total. The van der Waals surface area contributed by atoms with Crippen molar-refractivity contribution >= 4 is 11.9 Å². The maximum absolute atomic E-state index is 9.10. The normalized spacial score (nSPS) is 10.6. The van der Waals surface area contributed by atoms with Crippen LogP contribution in [0, 0.1) is 0 Å². The summed E-state index contributed by atoms with van der Waals surface area (Å²) in [4.78, 5) is 18.2. The fourth-order valence-corrected chi connectivity index (χ4v) is 1.87. The highest BCUT2D eigenvalue weighted by atomic mass is 16.4. The van der Waals surface area contributed by atoms with Crippen LogP contribution in [0.2, 0.25) is 0 Å². The predicted octanol–water partition coefficient (Wildman–Crippen LogP) is 3.02. The highest BCUT2D eigenvalue weighted by molar-refractivity contribution is 6.27. The van der Waals surface area contributed by atoms with Crippen LogP contribution in [-0.2, 0) is 28.1 Å². The van der Waals surface area contributed by atoms with Gasteiger partial charge in [0, 0.05) is 6.54 Å². The summed E-state index contributed by atoms with van der Waals surface area (Å²) >= 11 is 0. The molecule has 0 atom stereocenters. The summed E-state index contributed by atoms with van der Waals surface area (Å²) in [6, 6.07) is 12.7. The predicted molar refractivity (Wildman–Crippen MR) is 89.7 cm³/mol. The number of nitrogens with one attached hydrogen (secondary N) is 1. The van der Waals surface area contributed by atoms with Crippen molar-refractivity contribution in [3.63, 3.8) is 0 Å². The second-order valence-electron chi connectivity index (χ2n) is 6.24. The fraction of sp³-hybridized carbons (Fsp3) is 0.333. The van der Waals surface area contributed by atoms with Crippen molar-refractivity contribution in [1.29, 1.82) is 0 Å². The largest absolute Gasteiger partial charge is 0.473 e. The molecule has 0 fully saturated rings. The summed E-state index contributed by atoms with van der Waals surface area (Å²) in [6.07, 6.45) is 1.70. The van der Waals surface area contributed by atoms with Crippen molar-refractivity contribution in [3.8, 4) is 0 Å². The van der Waals surface area contributed by atoms with Gasteiger partial charge < -0.3 is 19.9 Å². The van der Waals surface area contributed by atoms with Crippen molar-refractivity contribution in [1.82, 2.24) is 5.32 Å². The Balaban J connectivity index is 0.000000413. The molecular weight excluding hydrogens is 310 g/mol. The molecule has 24 heavy (non-hydrogen) atoms. The summed E-state index contributed by atoms with van der Waals surface area (Å²) in [5.41, 5.74) is 2.90. The molecule has 6 nitrogen and oxygen atoms in total. The maximum atomic E-state index is 9.10. The Kier molecular flexibility index (Phi) is 7.20. The third-order valence-corrected chi connectivity index (χ3v) is 3.21. The first-order valence-corrected chi connectivity index (χ1v) is 7.49. The topological polar surface area (TPSA) is 99.8 Å². The molecule has 0 unspecified atom stereocenters. The molecule has 2 rings (SSSR count). The van der Waals surface area contributed by atoms with Crippen LogP contribution < -0.4 is 5.32 Å². The standard InChI is InChI=1S/C16H21NO.C2H2O4/c1-16(2,3)14-8-6-13(7-9-14)11-17-12-15-5-4-10-18-15;3-1(4)2(5)6/h4-10,17H,11-12H2,1-3H3;(H,3,4)(H,5,6). The number of carbonyl (C=O) groups is 2.